The molecule has 4 heteroatoms. The van der Waals surface area contributed by atoms with E-state index in [9.17, 15) is 9.59 Å². The quantitative estimate of drug-likeness (QED) is 0.732. The van der Waals surface area contributed by atoms with Gasteiger partial charge in [-0.1, -0.05) is 13.3 Å². The number of carbonyl (C=O) groups excluding carboxylic acids is 2. The molecule has 1 unspecified atom stereocenters. The molecule has 0 aromatic rings. The maximum absolute atomic E-state index is 11.4. The molecule has 0 rings (SSSR count). The zero-order valence-corrected chi connectivity index (χ0v) is 10.2. The van der Waals surface area contributed by atoms with E-state index >= 15 is 0 Å². The average Bonchev–Trinajstić information content (AvgIpc) is 2.00. The van der Waals surface area contributed by atoms with Crippen molar-refractivity contribution in [2.45, 2.75) is 58.6 Å². The molecule has 0 aromatic heterocycles. The molecule has 0 spiro atoms. The van der Waals surface area contributed by atoms with Crippen molar-refractivity contribution >= 4 is 12.4 Å². The van der Waals surface area contributed by atoms with Crippen molar-refractivity contribution in [3.63, 3.8) is 0 Å². The molecule has 1 amide bonds. The third kappa shape index (κ3) is 6.10. The summed E-state index contributed by atoms with van der Waals surface area (Å²) >= 11 is 0. The molecular formula is C11H21NO3. The molecule has 0 radical (unpaired) electrons. The predicted octanol–water partition coefficient (Wildman–Crippen LogP) is 2.27. The Bertz CT molecular complexity index is 232. The van der Waals surface area contributed by atoms with E-state index in [1.165, 1.54) is 0 Å². The highest BCUT2D eigenvalue weighted by Gasteiger charge is 2.27. The maximum Gasteiger partial charge on any atom is 0.408 e. The summed E-state index contributed by atoms with van der Waals surface area (Å²) in [6.45, 7) is 8.99. The summed E-state index contributed by atoms with van der Waals surface area (Å²) in [7, 11) is 0. The highest BCUT2D eigenvalue weighted by molar-refractivity contribution is 5.76. The Morgan fingerprint density at radius 2 is 1.87 bits per heavy atom. The molecule has 15 heavy (non-hydrogen) atoms. The molecule has 4 nitrogen and oxygen atoms in total. The first kappa shape index (κ1) is 13.9. The summed E-state index contributed by atoms with van der Waals surface area (Å²) in [5.41, 5.74) is -1.36. The van der Waals surface area contributed by atoms with Crippen molar-refractivity contribution in [1.29, 1.82) is 0 Å². The highest BCUT2D eigenvalue weighted by Crippen LogP contribution is 2.12. The zero-order valence-electron chi connectivity index (χ0n) is 10.2. The second-order valence-corrected chi connectivity index (χ2v) is 4.91. The number of amides is 1. The number of nitrogens with one attached hydrogen (secondary N) is 1. The normalized spacial score (nSPS) is 15.3. The van der Waals surface area contributed by atoms with E-state index in [-0.39, 0.29) is 0 Å². The van der Waals surface area contributed by atoms with Gasteiger partial charge in [-0.05, 0) is 34.1 Å². The maximum atomic E-state index is 11.4. The van der Waals surface area contributed by atoms with Gasteiger partial charge in [0.2, 0.25) is 0 Å². The Balaban J connectivity index is 4.31. The van der Waals surface area contributed by atoms with Crippen LogP contribution in [0.3, 0.4) is 0 Å². The number of hydrogen-bond donors (Lipinski definition) is 1. The van der Waals surface area contributed by atoms with Gasteiger partial charge in [0.15, 0.2) is 0 Å². The fourth-order valence-corrected chi connectivity index (χ4v) is 1.21. The fraction of sp³-hybridized carbons (Fsp3) is 0.818. The van der Waals surface area contributed by atoms with Gasteiger partial charge in [0, 0.05) is 0 Å². The van der Waals surface area contributed by atoms with Gasteiger partial charge in [-0.25, -0.2) is 4.79 Å². The average molecular weight is 215 g/mol. The van der Waals surface area contributed by atoms with E-state index in [0.717, 1.165) is 12.7 Å². The van der Waals surface area contributed by atoms with Crippen LogP contribution >= 0.6 is 0 Å². The Labute approximate surface area is 91.4 Å². The van der Waals surface area contributed by atoms with Crippen LogP contribution in [-0.2, 0) is 9.53 Å². The van der Waals surface area contributed by atoms with Crippen LogP contribution in [0, 0.1) is 0 Å². The Kier molecular flexibility index (Phi) is 4.78. The molecule has 0 bridgehead atoms. The van der Waals surface area contributed by atoms with Crippen molar-refractivity contribution in [2.24, 2.45) is 0 Å². The standard InChI is InChI=1S/C11H21NO3/c1-6-7-11(5,8-13)12-9(14)15-10(2,3)4/h8H,6-7H2,1-5H3,(H,12,14). The molecule has 0 saturated carbocycles. The van der Waals surface area contributed by atoms with Crippen LogP contribution in [0.25, 0.3) is 0 Å². The van der Waals surface area contributed by atoms with Crippen molar-refractivity contribution in [1.82, 2.24) is 5.32 Å². The minimum Gasteiger partial charge on any atom is -0.444 e. The summed E-state index contributed by atoms with van der Waals surface area (Å²) < 4.78 is 5.07. The fourth-order valence-electron chi connectivity index (χ4n) is 1.21. The minimum atomic E-state index is -0.822. The minimum absolute atomic E-state index is 0.542. The van der Waals surface area contributed by atoms with Gasteiger partial charge in [0.25, 0.3) is 0 Å². The van der Waals surface area contributed by atoms with Gasteiger partial charge < -0.3 is 14.8 Å². The van der Waals surface area contributed by atoms with Crippen molar-refractivity contribution in [2.75, 3.05) is 0 Å². The highest BCUT2D eigenvalue weighted by atomic mass is 16.6. The largest absolute Gasteiger partial charge is 0.444 e. The summed E-state index contributed by atoms with van der Waals surface area (Å²) in [4.78, 5) is 22.3. The number of hydrogen-bond acceptors (Lipinski definition) is 3. The molecule has 0 aliphatic carbocycles. The van der Waals surface area contributed by atoms with Crippen LogP contribution in [0.15, 0.2) is 0 Å². The second-order valence-electron chi connectivity index (χ2n) is 4.91. The lowest BCUT2D eigenvalue weighted by atomic mass is 9.99. The van der Waals surface area contributed by atoms with E-state index in [1.807, 2.05) is 6.92 Å². The van der Waals surface area contributed by atoms with Gasteiger partial charge in [-0.3, -0.25) is 0 Å². The smallest absolute Gasteiger partial charge is 0.408 e. The lowest BCUT2D eigenvalue weighted by Gasteiger charge is -2.27. The number of ether oxygens (including phenoxy) is 1. The van der Waals surface area contributed by atoms with Crippen LogP contribution in [0.2, 0.25) is 0 Å². The van der Waals surface area contributed by atoms with E-state index < -0.39 is 17.2 Å². The van der Waals surface area contributed by atoms with Crippen LogP contribution in [0.4, 0.5) is 4.79 Å². The van der Waals surface area contributed by atoms with Gasteiger partial charge in [0.05, 0.1) is 5.54 Å². The third-order valence-electron chi connectivity index (χ3n) is 1.82. The van der Waals surface area contributed by atoms with E-state index in [1.54, 1.807) is 27.7 Å². The lowest BCUT2D eigenvalue weighted by Crippen LogP contribution is -2.49. The second kappa shape index (κ2) is 5.14. The van der Waals surface area contributed by atoms with Crippen LogP contribution in [0.5, 0.6) is 0 Å². The molecular weight excluding hydrogens is 194 g/mol. The number of rotatable bonds is 4. The van der Waals surface area contributed by atoms with Crippen molar-refractivity contribution < 1.29 is 14.3 Å². The molecule has 88 valence electrons. The summed E-state index contributed by atoms with van der Waals surface area (Å²) in [6, 6.07) is 0. The summed E-state index contributed by atoms with van der Waals surface area (Å²) in [6.07, 6.45) is 1.63. The first-order valence-corrected chi connectivity index (χ1v) is 5.20. The van der Waals surface area contributed by atoms with E-state index in [2.05, 4.69) is 5.32 Å². The SMILES string of the molecule is CCCC(C)(C=O)NC(=O)OC(C)(C)C. The molecule has 1 N–H and O–H groups in total. The van der Waals surface area contributed by atoms with Crippen molar-refractivity contribution in [3.05, 3.63) is 0 Å². The lowest BCUT2D eigenvalue weighted by molar-refractivity contribution is -0.113. The Morgan fingerprint density at radius 3 is 2.20 bits per heavy atom. The molecule has 0 aromatic carbocycles. The monoisotopic (exact) mass is 215 g/mol. The molecule has 0 aliphatic heterocycles. The molecule has 1 atom stereocenters. The molecule has 0 aliphatic rings. The van der Waals surface area contributed by atoms with Gasteiger partial charge in [-0.15, -0.1) is 0 Å². The molecule has 0 fully saturated rings. The predicted molar refractivity (Wildman–Crippen MR) is 58.7 cm³/mol. The number of aldehydes is 1. The molecule has 0 heterocycles. The number of alkyl carbamates (subject to hydrolysis) is 1. The van der Waals surface area contributed by atoms with Crippen LogP contribution < -0.4 is 5.32 Å². The Hall–Kier alpha value is -1.06. The van der Waals surface area contributed by atoms with E-state index in [4.69, 9.17) is 4.74 Å². The van der Waals surface area contributed by atoms with Crippen LogP contribution in [-0.4, -0.2) is 23.5 Å². The van der Waals surface area contributed by atoms with Gasteiger partial charge in [-0.2, -0.15) is 0 Å². The summed E-state index contributed by atoms with van der Waals surface area (Å²) in [5, 5.41) is 2.57. The van der Waals surface area contributed by atoms with Crippen molar-refractivity contribution in [3.8, 4) is 0 Å². The number of carbonyl (C=O) groups is 2. The molecule has 0 saturated heterocycles. The van der Waals surface area contributed by atoms with Gasteiger partial charge >= 0.3 is 6.09 Å². The zero-order chi connectivity index (χ0) is 12.1. The Morgan fingerprint density at radius 1 is 1.33 bits per heavy atom. The summed E-state index contributed by atoms with van der Waals surface area (Å²) in [5.74, 6) is 0. The van der Waals surface area contributed by atoms with Crippen LogP contribution in [0.1, 0.15) is 47.5 Å². The first-order valence-electron chi connectivity index (χ1n) is 5.20. The van der Waals surface area contributed by atoms with E-state index in [0.29, 0.717) is 6.42 Å². The first-order chi connectivity index (χ1) is 6.72. The third-order valence-corrected chi connectivity index (χ3v) is 1.82. The topological polar surface area (TPSA) is 55.4 Å². The van der Waals surface area contributed by atoms with Gasteiger partial charge in [0.1, 0.15) is 11.9 Å².